The minimum atomic E-state index is -0.717. The number of nitrogens with zero attached hydrogens (tertiary/aromatic N) is 5. The Kier molecular flexibility index (Phi) is 6.50. The number of piperazine rings is 1. The lowest BCUT2D eigenvalue weighted by Gasteiger charge is -2.43. The third kappa shape index (κ3) is 4.90. The summed E-state index contributed by atoms with van der Waals surface area (Å²) in [5.74, 6) is -1.21. The molecule has 1 N–H and O–H groups in total. The van der Waals surface area contributed by atoms with Gasteiger partial charge in [0.2, 0.25) is 5.95 Å². The summed E-state index contributed by atoms with van der Waals surface area (Å²) >= 11 is 7.52. The van der Waals surface area contributed by atoms with Gasteiger partial charge in [-0.25, -0.2) is 28.0 Å². The molecule has 1 spiro atoms. The second kappa shape index (κ2) is 9.58. The standard InChI is InChI=1S/C24H22ClF3N6S/c1-15-2-4-17(5-3-15)35-32-31-22(20-18(27)6-7-19(28)21(20)25)34-11-10-33(14-24(34)8-9-24)23-29-12-16(26)13-30-23/h2-7,12-13,32H,8-11,14H2,1H3/b31-22-. The zero-order valence-electron chi connectivity index (χ0n) is 18.8. The molecule has 0 radical (unpaired) electrons. The Balaban J connectivity index is 1.45. The zero-order chi connectivity index (χ0) is 24.6. The molecule has 0 atom stereocenters. The summed E-state index contributed by atoms with van der Waals surface area (Å²) in [6.07, 6.45) is 3.91. The molecule has 3 aromatic rings. The molecule has 1 aliphatic carbocycles. The van der Waals surface area contributed by atoms with Gasteiger partial charge < -0.3 is 9.80 Å². The van der Waals surface area contributed by atoms with Gasteiger partial charge in [0.1, 0.15) is 11.6 Å². The number of nitrogens with one attached hydrogen (secondary N) is 1. The van der Waals surface area contributed by atoms with E-state index in [2.05, 4.69) is 19.9 Å². The Morgan fingerprint density at radius 2 is 1.71 bits per heavy atom. The topological polar surface area (TPSA) is 56.7 Å². The summed E-state index contributed by atoms with van der Waals surface area (Å²) in [6, 6.07) is 9.91. The van der Waals surface area contributed by atoms with Gasteiger partial charge >= 0.3 is 0 Å². The molecule has 0 unspecified atom stereocenters. The summed E-state index contributed by atoms with van der Waals surface area (Å²) in [4.78, 5) is 16.0. The molecule has 35 heavy (non-hydrogen) atoms. The van der Waals surface area contributed by atoms with E-state index in [1.807, 2.05) is 41.0 Å². The third-order valence-corrected chi connectivity index (χ3v) is 7.29. The number of hydrazone groups is 1. The third-order valence-electron chi connectivity index (χ3n) is 6.23. The Morgan fingerprint density at radius 1 is 1.03 bits per heavy atom. The average molecular weight is 519 g/mol. The van der Waals surface area contributed by atoms with Crippen molar-refractivity contribution in [3.8, 4) is 0 Å². The number of anilines is 1. The summed E-state index contributed by atoms with van der Waals surface area (Å²) in [7, 11) is 0. The van der Waals surface area contributed by atoms with Crippen LogP contribution in [0.1, 0.15) is 24.0 Å². The Hall–Kier alpha value is -2.98. The molecular weight excluding hydrogens is 497 g/mol. The lowest BCUT2D eigenvalue weighted by atomic mass is 10.1. The maximum atomic E-state index is 15.0. The van der Waals surface area contributed by atoms with Crippen molar-refractivity contribution in [3.05, 3.63) is 82.4 Å². The SMILES string of the molecule is Cc1ccc(SN/N=C(/c2c(F)ccc(F)c2Cl)N2CCN(c3ncc(F)cn3)CC23CC3)cc1. The molecule has 1 saturated carbocycles. The molecule has 1 saturated heterocycles. The van der Waals surface area contributed by atoms with Gasteiger partial charge in [0, 0.05) is 36.5 Å². The maximum Gasteiger partial charge on any atom is 0.225 e. The number of benzene rings is 2. The first-order valence-electron chi connectivity index (χ1n) is 11.1. The van der Waals surface area contributed by atoms with Crippen molar-refractivity contribution in [1.82, 2.24) is 19.7 Å². The van der Waals surface area contributed by atoms with Crippen molar-refractivity contribution in [2.75, 3.05) is 24.5 Å². The van der Waals surface area contributed by atoms with E-state index in [0.717, 1.165) is 47.8 Å². The van der Waals surface area contributed by atoms with E-state index < -0.39 is 17.5 Å². The van der Waals surface area contributed by atoms with E-state index >= 15 is 4.39 Å². The van der Waals surface area contributed by atoms with Crippen LogP contribution in [-0.4, -0.2) is 45.9 Å². The second-order valence-corrected chi connectivity index (χ2v) is 9.89. The highest BCUT2D eigenvalue weighted by atomic mass is 35.5. The van der Waals surface area contributed by atoms with Crippen molar-refractivity contribution < 1.29 is 13.2 Å². The summed E-state index contributed by atoms with van der Waals surface area (Å²) in [5, 5.41) is 4.19. The molecule has 1 aliphatic heterocycles. The van der Waals surface area contributed by atoms with Crippen LogP contribution in [0.3, 0.4) is 0 Å². The molecule has 0 amide bonds. The average Bonchev–Trinajstić information content (AvgIpc) is 3.62. The van der Waals surface area contributed by atoms with Crippen LogP contribution in [-0.2, 0) is 0 Å². The maximum absolute atomic E-state index is 15.0. The fourth-order valence-corrected chi connectivity index (χ4v) is 4.98. The molecule has 11 heteroatoms. The largest absolute Gasteiger partial charge is 0.345 e. The lowest BCUT2D eigenvalue weighted by molar-refractivity contribution is 0.257. The van der Waals surface area contributed by atoms with E-state index in [0.29, 0.717) is 25.6 Å². The molecule has 2 aromatic carbocycles. The van der Waals surface area contributed by atoms with Crippen LogP contribution in [0.25, 0.3) is 0 Å². The summed E-state index contributed by atoms with van der Waals surface area (Å²) < 4.78 is 42.7. The number of hydrogen-bond acceptors (Lipinski definition) is 6. The predicted molar refractivity (Wildman–Crippen MR) is 131 cm³/mol. The Bertz CT molecular complexity index is 1250. The van der Waals surface area contributed by atoms with Gasteiger partial charge in [-0.15, -0.1) is 0 Å². The van der Waals surface area contributed by atoms with Gasteiger partial charge in [-0.3, -0.25) is 0 Å². The molecule has 0 bridgehead atoms. The molecular formula is C24H22ClF3N6S. The van der Waals surface area contributed by atoms with E-state index in [4.69, 9.17) is 11.6 Å². The first-order valence-corrected chi connectivity index (χ1v) is 12.3. The minimum absolute atomic E-state index is 0.0820. The van der Waals surface area contributed by atoms with Crippen molar-refractivity contribution in [2.45, 2.75) is 30.2 Å². The number of amidine groups is 1. The highest BCUT2D eigenvalue weighted by Crippen LogP contribution is 2.46. The predicted octanol–water partition coefficient (Wildman–Crippen LogP) is 5.17. The fraction of sp³-hybridized carbons (Fsp3) is 0.292. The van der Waals surface area contributed by atoms with Crippen molar-refractivity contribution in [3.63, 3.8) is 0 Å². The number of rotatable bonds is 5. The highest BCUT2D eigenvalue weighted by Gasteiger charge is 2.53. The molecule has 6 nitrogen and oxygen atoms in total. The molecule has 5 rings (SSSR count). The number of hydrogen-bond donors (Lipinski definition) is 1. The van der Waals surface area contributed by atoms with E-state index in [1.54, 1.807) is 0 Å². The number of aromatic nitrogens is 2. The van der Waals surface area contributed by atoms with Crippen LogP contribution in [0.15, 0.2) is 58.8 Å². The smallest absolute Gasteiger partial charge is 0.225 e. The highest BCUT2D eigenvalue weighted by molar-refractivity contribution is 7.97. The molecule has 2 aliphatic rings. The summed E-state index contributed by atoms with van der Waals surface area (Å²) in [5.41, 5.74) is 0.680. The molecule has 2 fully saturated rings. The first-order chi connectivity index (χ1) is 16.9. The monoisotopic (exact) mass is 518 g/mol. The fourth-order valence-electron chi connectivity index (χ4n) is 4.23. The van der Waals surface area contributed by atoms with Crippen LogP contribution >= 0.6 is 23.5 Å². The molecule has 2 heterocycles. The van der Waals surface area contributed by atoms with Crippen LogP contribution in [0.5, 0.6) is 0 Å². The van der Waals surface area contributed by atoms with Gasteiger partial charge in [0.15, 0.2) is 11.7 Å². The van der Waals surface area contributed by atoms with Crippen LogP contribution in [0.2, 0.25) is 5.02 Å². The Morgan fingerprint density at radius 3 is 2.40 bits per heavy atom. The Labute approximate surface area is 210 Å². The lowest BCUT2D eigenvalue weighted by Crippen LogP contribution is -2.58. The van der Waals surface area contributed by atoms with E-state index in [9.17, 15) is 8.78 Å². The summed E-state index contributed by atoms with van der Waals surface area (Å²) in [6.45, 7) is 3.48. The van der Waals surface area contributed by atoms with Gasteiger partial charge in [-0.2, -0.15) is 5.10 Å². The van der Waals surface area contributed by atoms with Crippen LogP contribution < -0.4 is 9.73 Å². The van der Waals surface area contributed by atoms with Gasteiger partial charge in [0.05, 0.1) is 28.5 Å². The van der Waals surface area contributed by atoms with Crippen LogP contribution in [0.4, 0.5) is 19.1 Å². The van der Waals surface area contributed by atoms with Crippen molar-refractivity contribution in [1.29, 1.82) is 0 Å². The van der Waals surface area contributed by atoms with Crippen molar-refractivity contribution in [2.24, 2.45) is 5.10 Å². The minimum Gasteiger partial charge on any atom is -0.345 e. The first kappa shape index (κ1) is 23.7. The van der Waals surface area contributed by atoms with E-state index in [1.165, 1.54) is 11.9 Å². The molecule has 182 valence electrons. The van der Waals surface area contributed by atoms with Crippen molar-refractivity contribution >= 4 is 35.3 Å². The molecule has 1 aromatic heterocycles. The zero-order valence-corrected chi connectivity index (χ0v) is 20.4. The van der Waals surface area contributed by atoms with Gasteiger partial charge in [-0.05, 0) is 44.0 Å². The number of halogens is 4. The van der Waals surface area contributed by atoms with E-state index in [-0.39, 0.29) is 22.0 Å². The van der Waals surface area contributed by atoms with Gasteiger partial charge in [0.25, 0.3) is 0 Å². The number of aryl methyl sites for hydroxylation is 1. The second-order valence-electron chi connectivity index (χ2n) is 8.66. The quantitative estimate of drug-likeness (QED) is 0.165. The van der Waals surface area contributed by atoms with Gasteiger partial charge in [-0.1, -0.05) is 29.3 Å². The normalized spacial score (nSPS) is 17.1. The van der Waals surface area contributed by atoms with Crippen LogP contribution in [0, 0.1) is 24.4 Å².